The van der Waals surface area contributed by atoms with Crippen LogP contribution in [-0.2, 0) is 13.7 Å². The minimum atomic E-state index is -1.97. The number of carboxylic acid groups (broad SMARTS) is 1. The first kappa shape index (κ1) is 15.4. The molecule has 6 nitrogen and oxygen atoms in total. The van der Waals surface area contributed by atoms with Gasteiger partial charge >= 0.3 is 15.4 Å². The molecule has 0 fully saturated rings. The SMILES string of the molecule is CCO[SiH](OCC)C(C)ON(CC)C(=O)O. The molecule has 7 heteroatoms. The van der Waals surface area contributed by atoms with E-state index in [0.717, 1.165) is 5.06 Å². The first-order chi connectivity index (χ1) is 7.56. The average Bonchev–Trinajstić information content (AvgIpc) is 2.24. The molecule has 96 valence electrons. The molecule has 0 aromatic carbocycles. The van der Waals surface area contributed by atoms with E-state index >= 15 is 0 Å². The molecule has 0 spiro atoms. The Kier molecular flexibility index (Phi) is 8.17. The fourth-order valence-electron chi connectivity index (χ4n) is 1.15. The molecule has 0 aliphatic rings. The van der Waals surface area contributed by atoms with E-state index in [1.165, 1.54) is 0 Å². The van der Waals surface area contributed by atoms with Crippen molar-refractivity contribution in [1.82, 2.24) is 5.06 Å². The molecular weight excluding hydrogens is 230 g/mol. The van der Waals surface area contributed by atoms with Gasteiger partial charge < -0.3 is 14.0 Å². The highest BCUT2D eigenvalue weighted by Gasteiger charge is 2.26. The van der Waals surface area contributed by atoms with Crippen molar-refractivity contribution in [2.75, 3.05) is 19.8 Å². The fourth-order valence-corrected chi connectivity index (χ4v) is 2.69. The van der Waals surface area contributed by atoms with Crippen LogP contribution in [-0.4, -0.2) is 51.0 Å². The average molecular weight is 251 g/mol. The highest BCUT2D eigenvalue weighted by atomic mass is 28.3. The zero-order valence-corrected chi connectivity index (χ0v) is 11.5. The summed E-state index contributed by atoms with van der Waals surface area (Å²) in [5.41, 5.74) is -0.337. The molecule has 0 radical (unpaired) electrons. The molecule has 0 saturated carbocycles. The lowest BCUT2D eigenvalue weighted by Crippen LogP contribution is -2.43. The molecule has 0 saturated heterocycles. The molecule has 0 aromatic heterocycles. The first-order valence-corrected chi connectivity index (χ1v) is 7.08. The van der Waals surface area contributed by atoms with Crippen molar-refractivity contribution in [2.45, 2.75) is 33.4 Å². The summed E-state index contributed by atoms with van der Waals surface area (Å²) in [7, 11) is -1.97. The van der Waals surface area contributed by atoms with E-state index in [1.807, 2.05) is 13.8 Å². The normalized spacial score (nSPS) is 12.8. The number of nitrogens with zero attached hydrogens (tertiary/aromatic N) is 1. The summed E-state index contributed by atoms with van der Waals surface area (Å²) >= 11 is 0. The second-order valence-corrected chi connectivity index (χ2v) is 5.41. The van der Waals surface area contributed by atoms with E-state index in [9.17, 15) is 4.79 Å². The maximum Gasteiger partial charge on any atom is 0.431 e. The van der Waals surface area contributed by atoms with Gasteiger partial charge in [0, 0.05) is 19.8 Å². The third-order valence-corrected chi connectivity index (χ3v) is 4.05. The van der Waals surface area contributed by atoms with Crippen LogP contribution in [0.4, 0.5) is 4.79 Å². The highest BCUT2D eigenvalue weighted by Crippen LogP contribution is 2.05. The maximum atomic E-state index is 10.7. The Balaban J connectivity index is 4.25. The Morgan fingerprint density at radius 2 is 1.81 bits per heavy atom. The summed E-state index contributed by atoms with van der Waals surface area (Å²) in [6, 6.07) is 0. The van der Waals surface area contributed by atoms with Crippen LogP contribution < -0.4 is 0 Å². The predicted octanol–water partition coefficient (Wildman–Crippen LogP) is 1.14. The molecule has 1 unspecified atom stereocenters. The molecule has 0 aromatic rings. The zero-order valence-electron chi connectivity index (χ0n) is 10.3. The van der Waals surface area contributed by atoms with Gasteiger partial charge in [-0.25, -0.2) is 4.79 Å². The maximum absolute atomic E-state index is 10.7. The van der Waals surface area contributed by atoms with E-state index in [2.05, 4.69) is 0 Å². The number of rotatable bonds is 8. The number of hydrogen-bond donors (Lipinski definition) is 1. The van der Waals surface area contributed by atoms with Crippen molar-refractivity contribution in [1.29, 1.82) is 0 Å². The lowest BCUT2D eigenvalue weighted by Gasteiger charge is -2.25. The quantitative estimate of drug-likeness (QED) is 0.517. The van der Waals surface area contributed by atoms with Gasteiger partial charge in [0.15, 0.2) is 0 Å². The summed E-state index contributed by atoms with van der Waals surface area (Å²) in [6.45, 7) is 8.60. The van der Waals surface area contributed by atoms with Crippen molar-refractivity contribution in [2.24, 2.45) is 0 Å². The van der Waals surface area contributed by atoms with Crippen LogP contribution in [0.1, 0.15) is 27.7 Å². The Labute approximate surface area is 97.9 Å². The molecular formula is C9H21NO5Si. The van der Waals surface area contributed by atoms with Gasteiger partial charge in [-0.15, -0.1) is 0 Å². The van der Waals surface area contributed by atoms with Crippen LogP contribution in [0.5, 0.6) is 0 Å². The van der Waals surface area contributed by atoms with Gasteiger partial charge in [0.25, 0.3) is 0 Å². The number of carbonyl (C=O) groups is 1. The monoisotopic (exact) mass is 251 g/mol. The van der Waals surface area contributed by atoms with Gasteiger partial charge in [0.1, 0.15) is 5.73 Å². The Morgan fingerprint density at radius 3 is 2.12 bits per heavy atom. The lowest BCUT2D eigenvalue weighted by molar-refractivity contribution is -0.147. The molecule has 1 amide bonds. The third-order valence-electron chi connectivity index (χ3n) is 1.84. The zero-order chi connectivity index (χ0) is 12.6. The molecule has 0 aliphatic heterocycles. The fraction of sp³-hybridized carbons (Fsp3) is 0.889. The smallest absolute Gasteiger partial charge is 0.431 e. The van der Waals surface area contributed by atoms with Gasteiger partial charge in [-0.3, -0.25) is 4.84 Å². The van der Waals surface area contributed by atoms with Gasteiger partial charge in [-0.05, 0) is 27.7 Å². The minimum Gasteiger partial charge on any atom is -0.463 e. The third kappa shape index (κ3) is 5.45. The molecule has 0 bridgehead atoms. The van der Waals surface area contributed by atoms with E-state index in [0.29, 0.717) is 13.2 Å². The van der Waals surface area contributed by atoms with E-state index < -0.39 is 15.4 Å². The highest BCUT2D eigenvalue weighted by molar-refractivity contribution is 6.45. The van der Waals surface area contributed by atoms with Gasteiger partial charge in [-0.2, -0.15) is 5.06 Å². The topological polar surface area (TPSA) is 68.2 Å². The largest absolute Gasteiger partial charge is 0.463 e. The molecule has 0 rings (SSSR count). The minimum absolute atomic E-state index is 0.277. The van der Waals surface area contributed by atoms with E-state index in [4.69, 9.17) is 18.8 Å². The second-order valence-electron chi connectivity index (χ2n) is 3.07. The van der Waals surface area contributed by atoms with Gasteiger partial charge in [-0.1, -0.05) is 0 Å². The first-order valence-electron chi connectivity index (χ1n) is 5.47. The Morgan fingerprint density at radius 1 is 1.31 bits per heavy atom. The molecule has 0 heterocycles. The Bertz CT molecular complexity index is 198. The molecule has 1 atom stereocenters. The molecule has 0 aliphatic carbocycles. The second kappa shape index (κ2) is 8.51. The van der Waals surface area contributed by atoms with Crippen LogP contribution in [0.25, 0.3) is 0 Å². The van der Waals surface area contributed by atoms with Crippen molar-refractivity contribution in [3.05, 3.63) is 0 Å². The van der Waals surface area contributed by atoms with Crippen molar-refractivity contribution >= 4 is 15.4 Å². The van der Waals surface area contributed by atoms with Crippen molar-refractivity contribution in [3.8, 4) is 0 Å². The summed E-state index contributed by atoms with van der Waals surface area (Å²) in [5.74, 6) is 0. The van der Waals surface area contributed by atoms with Gasteiger partial charge in [0.2, 0.25) is 0 Å². The van der Waals surface area contributed by atoms with E-state index in [-0.39, 0.29) is 12.3 Å². The summed E-state index contributed by atoms with van der Waals surface area (Å²) < 4.78 is 10.9. The van der Waals surface area contributed by atoms with Crippen LogP contribution in [0.2, 0.25) is 0 Å². The molecule has 1 N–H and O–H groups in total. The summed E-state index contributed by atoms with van der Waals surface area (Å²) in [6.07, 6.45) is -1.10. The Hall–Kier alpha value is -0.633. The lowest BCUT2D eigenvalue weighted by atomic mass is 10.7. The predicted molar refractivity (Wildman–Crippen MR) is 61.4 cm³/mol. The number of amides is 1. The number of hydroxylamine groups is 2. The van der Waals surface area contributed by atoms with Crippen LogP contribution in [0.3, 0.4) is 0 Å². The number of hydrogen-bond acceptors (Lipinski definition) is 4. The van der Waals surface area contributed by atoms with Crippen molar-refractivity contribution in [3.63, 3.8) is 0 Å². The van der Waals surface area contributed by atoms with Crippen LogP contribution in [0.15, 0.2) is 0 Å². The van der Waals surface area contributed by atoms with Crippen LogP contribution in [0, 0.1) is 0 Å². The van der Waals surface area contributed by atoms with E-state index in [1.54, 1.807) is 13.8 Å². The standard InChI is InChI=1S/C9H21NO5Si/c1-5-10(9(11)12)15-8(4)16(13-6-2)14-7-3/h8,16H,5-7H2,1-4H3,(H,11,12). The summed E-state index contributed by atoms with van der Waals surface area (Å²) in [4.78, 5) is 16.0. The van der Waals surface area contributed by atoms with Gasteiger partial charge in [0.05, 0.1) is 0 Å². The molecule has 16 heavy (non-hydrogen) atoms. The van der Waals surface area contributed by atoms with Crippen molar-refractivity contribution < 1.29 is 23.6 Å². The summed E-state index contributed by atoms with van der Waals surface area (Å²) in [5, 5.41) is 9.69. The van der Waals surface area contributed by atoms with Crippen LogP contribution >= 0.6 is 0 Å².